The van der Waals surface area contributed by atoms with Crippen LogP contribution in [0.5, 0.6) is 0 Å². The van der Waals surface area contributed by atoms with Gasteiger partial charge in [-0.3, -0.25) is 4.79 Å². The third-order valence-corrected chi connectivity index (χ3v) is 15.3. The van der Waals surface area contributed by atoms with Gasteiger partial charge in [0, 0.05) is 0 Å². The van der Waals surface area contributed by atoms with Gasteiger partial charge in [-0.1, -0.05) is 255 Å². The van der Waals surface area contributed by atoms with E-state index < -0.39 is 74.2 Å². The molecule has 1 heterocycles. The molecule has 446 valence electrons. The molecule has 0 radical (unpaired) electrons. The van der Waals surface area contributed by atoms with Gasteiger partial charge < -0.3 is 50.5 Å². The monoisotopic (exact) mass is 1080 g/mol. The molecule has 0 aromatic rings. The van der Waals surface area contributed by atoms with Crippen molar-refractivity contribution in [1.29, 1.82) is 0 Å². The highest BCUT2D eigenvalue weighted by Crippen LogP contribution is 2.23. The first-order valence-electron chi connectivity index (χ1n) is 32.0. The van der Waals surface area contributed by atoms with E-state index in [9.17, 15) is 40.5 Å². The molecule has 8 N–H and O–H groups in total. The van der Waals surface area contributed by atoms with E-state index in [1.54, 1.807) is 0 Å². The summed E-state index contributed by atoms with van der Waals surface area (Å²) in [6.07, 6.45) is 57.5. The lowest BCUT2D eigenvalue weighted by Crippen LogP contribution is -2.60. The molecule has 76 heavy (non-hydrogen) atoms. The number of amides is 1. The molecular formula is C65H121NO10. The zero-order valence-electron chi connectivity index (χ0n) is 49.0. The van der Waals surface area contributed by atoms with E-state index in [0.29, 0.717) is 19.3 Å². The minimum absolute atomic E-state index is 0.243. The second-order valence-electron chi connectivity index (χ2n) is 22.5. The third kappa shape index (κ3) is 41.1. The number of carbonyl (C=O) groups is 1. The van der Waals surface area contributed by atoms with Gasteiger partial charge in [0.25, 0.3) is 0 Å². The number of rotatable bonds is 55. The van der Waals surface area contributed by atoms with Gasteiger partial charge in [-0.15, -0.1) is 0 Å². The van der Waals surface area contributed by atoms with Crippen LogP contribution in [0, 0.1) is 0 Å². The molecule has 1 aliphatic heterocycles. The SMILES string of the molecule is CCCCCCCCCCC/C=C\C/C=C\CCCCCCCCCCC(O)C(=O)NC(COC1OC(CO)C(O)C(O)C1O)C(O)C(O)CCC/C=C/CC/C=C/CCCCCCCCCCCCCCCCCC. The van der Waals surface area contributed by atoms with E-state index in [1.165, 1.54) is 186 Å². The number of hydrogen-bond donors (Lipinski definition) is 8. The van der Waals surface area contributed by atoms with Crippen LogP contribution >= 0.6 is 0 Å². The Labute approximate surface area is 466 Å². The first kappa shape index (κ1) is 72.1. The summed E-state index contributed by atoms with van der Waals surface area (Å²) >= 11 is 0. The van der Waals surface area contributed by atoms with E-state index in [1.807, 2.05) is 0 Å². The first-order chi connectivity index (χ1) is 37.2. The summed E-state index contributed by atoms with van der Waals surface area (Å²) < 4.78 is 11.2. The smallest absolute Gasteiger partial charge is 0.249 e. The molecule has 11 nitrogen and oxygen atoms in total. The zero-order chi connectivity index (χ0) is 55.4. The van der Waals surface area contributed by atoms with Crippen LogP contribution in [-0.4, -0.2) is 110 Å². The van der Waals surface area contributed by atoms with Crippen molar-refractivity contribution in [1.82, 2.24) is 5.32 Å². The highest BCUT2D eigenvalue weighted by molar-refractivity contribution is 5.80. The second kappa shape index (κ2) is 53.7. The van der Waals surface area contributed by atoms with Crippen molar-refractivity contribution in [2.24, 2.45) is 0 Å². The van der Waals surface area contributed by atoms with Gasteiger partial charge in [0.15, 0.2) is 6.29 Å². The number of aliphatic hydroxyl groups is 7. The van der Waals surface area contributed by atoms with E-state index >= 15 is 0 Å². The zero-order valence-corrected chi connectivity index (χ0v) is 49.0. The number of unbranched alkanes of at least 4 members (excludes halogenated alkanes) is 35. The Morgan fingerprint density at radius 2 is 0.829 bits per heavy atom. The molecule has 1 aliphatic rings. The van der Waals surface area contributed by atoms with E-state index in [2.05, 4.69) is 67.8 Å². The maximum Gasteiger partial charge on any atom is 0.249 e. The molecule has 0 spiro atoms. The number of ether oxygens (including phenoxy) is 2. The van der Waals surface area contributed by atoms with Crippen molar-refractivity contribution in [3.05, 3.63) is 48.6 Å². The summed E-state index contributed by atoms with van der Waals surface area (Å²) in [6.45, 7) is 3.47. The lowest BCUT2D eigenvalue weighted by Gasteiger charge is -2.40. The summed E-state index contributed by atoms with van der Waals surface area (Å²) in [5.74, 6) is -0.713. The second-order valence-corrected chi connectivity index (χ2v) is 22.5. The summed E-state index contributed by atoms with van der Waals surface area (Å²) in [4.78, 5) is 13.2. The van der Waals surface area contributed by atoms with Gasteiger partial charge in [0.05, 0.1) is 25.4 Å². The van der Waals surface area contributed by atoms with Crippen molar-refractivity contribution in [3.8, 4) is 0 Å². The number of aliphatic hydroxyl groups excluding tert-OH is 7. The molecule has 1 rings (SSSR count). The molecule has 1 amide bonds. The Kier molecular flexibility index (Phi) is 50.9. The topological polar surface area (TPSA) is 189 Å². The standard InChI is InChI=1S/C65H121NO10/c1-3-5-7-9-11-13-15-17-19-21-23-25-27-29-31-32-34-36-38-40-42-44-46-48-50-52-57(68)60(70)56(55-75-65-63(73)62(72)61(71)59(54-67)76-65)66-64(74)58(69)53-51-49-47-45-43-41-39-37-35-33-30-28-26-24-22-20-18-16-14-12-10-8-6-4-2/h24,26,30,33,36,38,44,46,56-63,65,67-73H,3-23,25,27-29,31-32,34-35,37,39-43,45,47-55H2,1-2H3,(H,66,74)/b26-24-,33-30-,38-36+,46-44+. The predicted octanol–water partition coefficient (Wildman–Crippen LogP) is 14.4. The van der Waals surface area contributed by atoms with Crippen LogP contribution in [0.4, 0.5) is 0 Å². The average molecular weight is 1080 g/mol. The van der Waals surface area contributed by atoms with Crippen LogP contribution in [0.3, 0.4) is 0 Å². The molecule has 9 unspecified atom stereocenters. The van der Waals surface area contributed by atoms with Gasteiger partial charge in [0.1, 0.15) is 36.6 Å². The van der Waals surface area contributed by atoms with Crippen molar-refractivity contribution in [2.75, 3.05) is 13.2 Å². The van der Waals surface area contributed by atoms with Crippen LogP contribution in [0.15, 0.2) is 48.6 Å². The van der Waals surface area contributed by atoms with Gasteiger partial charge in [-0.05, 0) is 83.5 Å². The number of allylic oxidation sites excluding steroid dienone is 8. The molecule has 0 aromatic carbocycles. The van der Waals surface area contributed by atoms with Crippen LogP contribution in [0.25, 0.3) is 0 Å². The maximum absolute atomic E-state index is 13.2. The molecular weight excluding hydrogens is 955 g/mol. The molecule has 1 fully saturated rings. The number of carbonyl (C=O) groups excluding carboxylic acids is 1. The minimum atomic E-state index is -1.67. The van der Waals surface area contributed by atoms with Crippen LogP contribution in [-0.2, 0) is 14.3 Å². The van der Waals surface area contributed by atoms with Crippen molar-refractivity contribution in [2.45, 2.75) is 345 Å². The van der Waals surface area contributed by atoms with Gasteiger partial charge >= 0.3 is 0 Å². The van der Waals surface area contributed by atoms with E-state index in [4.69, 9.17) is 9.47 Å². The minimum Gasteiger partial charge on any atom is -0.394 e. The molecule has 0 saturated carbocycles. The highest BCUT2D eigenvalue weighted by Gasteiger charge is 2.44. The van der Waals surface area contributed by atoms with Gasteiger partial charge in [-0.2, -0.15) is 0 Å². The largest absolute Gasteiger partial charge is 0.394 e. The predicted molar refractivity (Wildman–Crippen MR) is 316 cm³/mol. The summed E-state index contributed by atoms with van der Waals surface area (Å²) in [6, 6.07) is -1.20. The van der Waals surface area contributed by atoms with Crippen molar-refractivity contribution < 1.29 is 50.0 Å². The van der Waals surface area contributed by atoms with Gasteiger partial charge in [0.2, 0.25) is 5.91 Å². The lowest BCUT2D eigenvalue weighted by atomic mass is 9.98. The van der Waals surface area contributed by atoms with E-state index in [0.717, 1.165) is 57.8 Å². The van der Waals surface area contributed by atoms with Crippen molar-refractivity contribution >= 4 is 5.91 Å². The molecule has 9 atom stereocenters. The first-order valence-corrected chi connectivity index (χ1v) is 32.0. The third-order valence-electron chi connectivity index (χ3n) is 15.3. The fourth-order valence-electron chi connectivity index (χ4n) is 10.1. The number of hydrogen-bond acceptors (Lipinski definition) is 10. The number of nitrogens with one attached hydrogen (secondary N) is 1. The Bertz CT molecular complexity index is 1370. The summed E-state index contributed by atoms with van der Waals surface area (Å²) in [5.41, 5.74) is 0. The molecule has 0 aromatic heterocycles. The Morgan fingerprint density at radius 1 is 0.461 bits per heavy atom. The Balaban J connectivity index is 2.30. The molecule has 11 heteroatoms. The van der Waals surface area contributed by atoms with Crippen LogP contribution in [0.1, 0.15) is 290 Å². The lowest BCUT2D eigenvalue weighted by molar-refractivity contribution is -0.303. The normalized spacial score (nSPS) is 19.9. The average Bonchev–Trinajstić information content (AvgIpc) is 3.42. The summed E-state index contributed by atoms with van der Waals surface area (Å²) in [5, 5.41) is 76.3. The van der Waals surface area contributed by atoms with E-state index in [-0.39, 0.29) is 12.8 Å². The van der Waals surface area contributed by atoms with Crippen molar-refractivity contribution in [3.63, 3.8) is 0 Å². The van der Waals surface area contributed by atoms with Crippen LogP contribution in [0.2, 0.25) is 0 Å². The van der Waals surface area contributed by atoms with Gasteiger partial charge in [-0.25, -0.2) is 0 Å². The maximum atomic E-state index is 13.2. The quantitative estimate of drug-likeness (QED) is 0.0215. The fraction of sp³-hybridized carbons (Fsp3) is 0.862. The summed E-state index contributed by atoms with van der Waals surface area (Å²) in [7, 11) is 0. The molecule has 0 aliphatic carbocycles. The molecule has 1 saturated heterocycles. The Hall–Kier alpha value is -1.93. The highest BCUT2D eigenvalue weighted by atomic mass is 16.7. The van der Waals surface area contributed by atoms with Crippen LogP contribution < -0.4 is 5.32 Å². The Morgan fingerprint density at radius 3 is 1.25 bits per heavy atom. The molecule has 0 bridgehead atoms. The fourth-order valence-corrected chi connectivity index (χ4v) is 10.1.